The lowest BCUT2D eigenvalue weighted by atomic mass is 10.0. The summed E-state index contributed by atoms with van der Waals surface area (Å²) in [5.74, 6) is -1.52. The Morgan fingerprint density at radius 2 is 1.20 bits per heavy atom. The maximum atomic E-state index is 11.3. The molecule has 0 fully saturated rings. The molecule has 0 heterocycles. The number of esters is 2. The molecule has 0 spiro atoms. The molecular formula is C29H50O6. The predicted molar refractivity (Wildman–Crippen MR) is 143 cm³/mol. The van der Waals surface area contributed by atoms with Crippen LogP contribution >= 0.6 is 0 Å². The minimum Gasteiger partial charge on any atom is -0.478 e. The number of rotatable bonds is 23. The highest BCUT2D eigenvalue weighted by molar-refractivity contribution is 5.79. The Balaban J connectivity index is 0. The summed E-state index contributed by atoms with van der Waals surface area (Å²) in [6.07, 6.45) is 26.3. The van der Waals surface area contributed by atoms with E-state index in [4.69, 9.17) is 9.84 Å². The first-order valence-corrected chi connectivity index (χ1v) is 13.4. The first-order valence-electron chi connectivity index (χ1n) is 13.4. The summed E-state index contributed by atoms with van der Waals surface area (Å²) in [5, 5.41) is 8.16. The summed E-state index contributed by atoms with van der Waals surface area (Å²) in [7, 11) is 0. The molecule has 0 saturated carbocycles. The molecule has 0 amide bonds. The van der Waals surface area contributed by atoms with Crippen LogP contribution in [0.3, 0.4) is 0 Å². The first kappa shape index (κ1) is 34.8. The molecule has 1 N–H and O–H groups in total. The molecule has 6 heteroatoms. The fraction of sp³-hybridized carbons (Fsp3) is 0.690. The van der Waals surface area contributed by atoms with Crippen molar-refractivity contribution in [1.29, 1.82) is 0 Å². The van der Waals surface area contributed by atoms with Crippen molar-refractivity contribution >= 4 is 17.9 Å². The highest BCUT2D eigenvalue weighted by Gasteiger charge is 2.01. The Bertz CT molecular complexity index is 568. The number of carbonyl (C=O) groups excluding carboxylic acids is 2. The van der Waals surface area contributed by atoms with Crippen LogP contribution in [0, 0.1) is 0 Å². The Kier molecular flexibility index (Phi) is 29.5. The van der Waals surface area contributed by atoms with Gasteiger partial charge < -0.3 is 14.6 Å². The van der Waals surface area contributed by atoms with E-state index in [1.54, 1.807) is 6.08 Å². The minimum atomic E-state index is -1.02. The Morgan fingerprint density at radius 3 is 1.63 bits per heavy atom. The molecule has 0 aliphatic rings. The van der Waals surface area contributed by atoms with E-state index in [0.717, 1.165) is 25.2 Å². The van der Waals surface area contributed by atoms with Gasteiger partial charge in [0.2, 0.25) is 0 Å². The summed E-state index contributed by atoms with van der Waals surface area (Å²) in [5.41, 5.74) is 0. The zero-order valence-corrected chi connectivity index (χ0v) is 22.1. The van der Waals surface area contributed by atoms with Crippen molar-refractivity contribution in [3.05, 3.63) is 37.6 Å². The smallest absolute Gasteiger partial charge is 0.327 e. The highest BCUT2D eigenvalue weighted by atomic mass is 16.5. The molecule has 0 aliphatic carbocycles. The van der Waals surface area contributed by atoms with Crippen LogP contribution in [0.5, 0.6) is 0 Å². The fourth-order valence-corrected chi connectivity index (χ4v) is 3.40. The van der Waals surface area contributed by atoms with Gasteiger partial charge in [0.15, 0.2) is 0 Å². The number of carboxylic acid groups (broad SMARTS) is 1. The van der Waals surface area contributed by atoms with Crippen LogP contribution in [0.25, 0.3) is 0 Å². The predicted octanol–water partition coefficient (Wildman–Crippen LogP) is 8.07. The Morgan fingerprint density at radius 1 is 0.714 bits per heavy atom. The van der Waals surface area contributed by atoms with Crippen LogP contribution in [0.4, 0.5) is 0 Å². The van der Waals surface area contributed by atoms with Crippen LogP contribution < -0.4 is 0 Å². The summed E-state index contributed by atoms with van der Waals surface area (Å²) in [6, 6.07) is 0. The molecule has 0 saturated heterocycles. The summed E-state index contributed by atoms with van der Waals surface area (Å²) >= 11 is 0. The second-order valence-electron chi connectivity index (χ2n) is 8.61. The van der Waals surface area contributed by atoms with Crippen molar-refractivity contribution in [1.82, 2.24) is 0 Å². The van der Waals surface area contributed by atoms with Crippen LogP contribution in [0.2, 0.25) is 0 Å². The van der Waals surface area contributed by atoms with Gasteiger partial charge in [-0.2, -0.15) is 0 Å². The topological polar surface area (TPSA) is 89.9 Å². The first-order chi connectivity index (χ1) is 17.0. The molecule has 0 rings (SSSR count). The Labute approximate surface area is 213 Å². The third-order valence-electron chi connectivity index (χ3n) is 5.34. The van der Waals surface area contributed by atoms with E-state index in [2.05, 4.69) is 24.8 Å². The largest absolute Gasteiger partial charge is 0.478 e. The van der Waals surface area contributed by atoms with E-state index in [1.165, 1.54) is 89.5 Å². The summed E-state index contributed by atoms with van der Waals surface area (Å²) < 4.78 is 9.35. The number of allylic oxidation sites excluding steroid dienone is 1. The summed E-state index contributed by atoms with van der Waals surface area (Å²) in [4.78, 5) is 31.8. The highest BCUT2D eigenvalue weighted by Crippen LogP contribution is 2.13. The maximum Gasteiger partial charge on any atom is 0.327 e. The fourth-order valence-electron chi connectivity index (χ4n) is 3.40. The zero-order chi connectivity index (χ0) is 26.4. The van der Waals surface area contributed by atoms with Gasteiger partial charge in [-0.05, 0) is 12.8 Å². The molecule has 0 aromatic rings. The van der Waals surface area contributed by atoms with Gasteiger partial charge >= 0.3 is 17.9 Å². The van der Waals surface area contributed by atoms with Crippen molar-refractivity contribution in [2.45, 2.75) is 122 Å². The van der Waals surface area contributed by atoms with E-state index in [9.17, 15) is 14.4 Å². The van der Waals surface area contributed by atoms with Crippen LogP contribution in [-0.2, 0) is 23.9 Å². The van der Waals surface area contributed by atoms with Crippen molar-refractivity contribution in [2.75, 3.05) is 6.61 Å². The molecule has 0 aromatic heterocycles. The molecular weight excluding hydrogens is 444 g/mol. The SMILES string of the molecule is C=CCOC(=O)CCCCCCCCCCCCCCCCC.C=COC(=O)CC/C=C/C(=O)O. The minimum absolute atomic E-state index is 0.0837. The molecule has 35 heavy (non-hydrogen) atoms. The average molecular weight is 495 g/mol. The maximum absolute atomic E-state index is 11.3. The number of carboxylic acids is 1. The number of hydrogen-bond donors (Lipinski definition) is 1. The lowest BCUT2D eigenvalue weighted by Gasteiger charge is -2.04. The van der Waals surface area contributed by atoms with Gasteiger partial charge in [-0.15, -0.1) is 0 Å². The number of ether oxygens (including phenoxy) is 2. The second kappa shape index (κ2) is 29.7. The average Bonchev–Trinajstić information content (AvgIpc) is 2.83. The lowest BCUT2D eigenvalue weighted by Crippen LogP contribution is -2.03. The van der Waals surface area contributed by atoms with E-state index in [0.29, 0.717) is 19.4 Å². The van der Waals surface area contributed by atoms with Gasteiger partial charge in [0.05, 0.1) is 6.26 Å². The number of carbonyl (C=O) groups is 3. The van der Waals surface area contributed by atoms with Gasteiger partial charge in [0.25, 0.3) is 0 Å². The normalized spacial score (nSPS) is 10.3. The Hall–Kier alpha value is -2.37. The quantitative estimate of drug-likeness (QED) is 0.0508. The molecule has 0 aromatic carbocycles. The number of hydrogen-bond acceptors (Lipinski definition) is 5. The van der Waals surface area contributed by atoms with Crippen molar-refractivity contribution in [3.8, 4) is 0 Å². The molecule has 0 bridgehead atoms. The van der Waals surface area contributed by atoms with Crippen molar-refractivity contribution in [3.63, 3.8) is 0 Å². The van der Waals surface area contributed by atoms with Crippen molar-refractivity contribution < 1.29 is 29.0 Å². The number of aliphatic carboxylic acids is 1. The van der Waals surface area contributed by atoms with Gasteiger partial charge in [-0.25, -0.2) is 4.79 Å². The van der Waals surface area contributed by atoms with E-state index < -0.39 is 11.9 Å². The van der Waals surface area contributed by atoms with Gasteiger partial charge in [0, 0.05) is 18.9 Å². The van der Waals surface area contributed by atoms with Crippen LogP contribution in [0.1, 0.15) is 122 Å². The van der Waals surface area contributed by atoms with E-state index in [1.807, 2.05) is 0 Å². The van der Waals surface area contributed by atoms with Gasteiger partial charge in [-0.3, -0.25) is 9.59 Å². The summed E-state index contributed by atoms with van der Waals surface area (Å²) in [6.45, 7) is 9.35. The monoisotopic (exact) mass is 494 g/mol. The lowest BCUT2D eigenvalue weighted by molar-refractivity contribution is -0.142. The second-order valence-corrected chi connectivity index (χ2v) is 8.61. The zero-order valence-electron chi connectivity index (χ0n) is 22.1. The van der Waals surface area contributed by atoms with Crippen LogP contribution in [-0.4, -0.2) is 29.6 Å². The van der Waals surface area contributed by atoms with Gasteiger partial charge in [0.1, 0.15) is 6.61 Å². The molecule has 202 valence electrons. The molecule has 0 aliphatic heterocycles. The molecule has 0 unspecified atom stereocenters. The standard InChI is InChI=1S/C21H40O2.C8H10O4/c1-3-5-6-7-8-9-10-11-12-13-14-15-16-17-18-19-21(22)23-20-4-2;1-2-12-8(11)6-4-3-5-7(9)10/h4H,2-3,5-20H2,1H3;2-3,5H,1,4,6H2,(H,9,10)/b;5-3+. The third kappa shape index (κ3) is 33.9. The molecule has 0 atom stereocenters. The van der Waals surface area contributed by atoms with E-state index >= 15 is 0 Å². The molecule has 6 nitrogen and oxygen atoms in total. The van der Waals surface area contributed by atoms with E-state index in [-0.39, 0.29) is 12.4 Å². The molecule has 0 radical (unpaired) electrons. The number of unbranched alkanes of at least 4 members (excludes halogenated alkanes) is 14. The van der Waals surface area contributed by atoms with Crippen LogP contribution in [0.15, 0.2) is 37.6 Å². The third-order valence-corrected chi connectivity index (χ3v) is 5.34. The van der Waals surface area contributed by atoms with Gasteiger partial charge in [-0.1, -0.05) is 122 Å². The van der Waals surface area contributed by atoms with Crippen molar-refractivity contribution in [2.24, 2.45) is 0 Å².